The Bertz CT molecular complexity index is 845. The molecule has 6 nitrogen and oxygen atoms in total. The standard InChI is InChI=1S/C19H19ClF3N3O3/c20-15-5-2-13(19(21,22)23)11-12(15)1-6-16(27)25-7-9-26(10-8-25)18(29)17(28)24-14-3-4-14/h1-2,5-6,11,14H,3-4,7-10H2,(H,24,28)/b6-1+. The van der Waals surface area contributed by atoms with Gasteiger partial charge in [-0.25, -0.2) is 0 Å². The highest BCUT2D eigenvalue weighted by molar-refractivity contribution is 6.35. The second kappa shape index (κ2) is 8.44. The van der Waals surface area contributed by atoms with Gasteiger partial charge in [-0.05, 0) is 42.7 Å². The SMILES string of the molecule is O=C(NC1CC1)C(=O)N1CCN(C(=O)/C=C/c2cc(C(F)(F)F)ccc2Cl)CC1. The van der Waals surface area contributed by atoms with Crippen LogP contribution in [-0.4, -0.2) is 59.7 Å². The minimum Gasteiger partial charge on any atom is -0.345 e. The first-order valence-corrected chi connectivity index (χ1v) is 9.46. The molecule has 156 valence electrons. The molecule has 0 unspecified atom stereocenters. The maximum absolute atomic E-state index is 12.8. The van der Waals surface area contributed by atoms with Crippen LogP contribution in [0.4, 0.5) is 13.2 Å². The van der Waals surface area contributed by atoms with Gasteiger partial charge in [0.15, 0.2) is 0 Å². The maximum atomic E-state index is 12.8. The number of hydrogen-bond acceptors (Lipinski definition) is 3. The molecule has 2 aliphatic rings. The van der Waals surface area contributed by atoms with Gasteiger partial charge in [0.1, 0.15) is 0 Å². The van der Waals surface area contributed by atoms with E-state index in [4.69, 9.17) is 11.6 Å². The van der Waals surface area contributed by atoms with Gasteiger partial charge in [0.05, 0.1) is 5.56 Å². The molecule has 1 aromatic rings. The van der Waals surface area contributed by atoms with Crippen molar-refractivity contribution in [3.8, 4) is 0 Å². The van der Waals surface area contributed by atoms with E-state index in [9.17, 15) is 27.6 Å². The maximum Gasteiger partial charge on any atom is 0.416 e. The van der Waals surface area contributed by atoms with Crippen LogP contribution < -0.4 is 5.32 Å². The second-order valence-corrected chi connectivity index (χ2v) is 7.34. The van der Waals surface area contributed by atoms with Gasteiger partial charge in [0.2, 0.25) is 5.91 Å². The minimum atomic E-state index is -4.51. The molecule has 3 amide bonds. The van der Waals surface area contributed by atoms with Gasteiger partial charge in [-0.2, -0.15) is 13.2 Å². The average molecular weight is 430 g/mol. The van der Waals surface area contributed by atoms with E-state index in [1.807, 2.05) is 0 Å². The van der Waals surface area contributed by atoms with Crippen molar-refractivity contribution in [3.63, 3.8) is 0 Å². The number of carbonyl (C=O) groups excluding carboxylic acids is 3. The number of nitrogens with one attached hydrogen (secondary N) is 1. The molecule has 1 saturated carbocycles. The van der Waals surface area contributed by atoms with E-state index in [0.29, 0.717) is 0 Å². The first-order chi connectivity index (χ1) is 13.6. The van der Waals surface area contributed by atoms with Gasteiger partial charge in [0, 0.05) is 43.3 Å². The van der Waals surface area contributed by atoms with Gasteiger partial charge >= 0.3 is 18.0 Å². The van der Waals surface area contributed by atoms with Crippen molar-refractivity contribution in [3.05, 3.63) is 40.4 Å². The smallest absolute Gasteiger partial charge is 0.345 e. The molecule has 1 aliphatic carbocycles. The number of nitrogens with zero attached hydrogens (tertiary/aromatic N) is 2. The largest absolute Gasteiger partial charge is 0.416 e. The van der Waals surface area contributed by atoms with E-state index in [1.165, 1.54) is 15.9 Å². The molecule has 0 spiro atoms. The number of benzene rings is 1. The molecule has 0 aromatic heterocycles. The zero-order valence-corrected chi connectivity index (χ0v) is 16.1. The van der Waals surface area contributed by atoms with Crippen LogP contribution in [0.25, 0.3) is 6.08 Å². The van der Waals surface area contributed by atoms with Crippen molar-refractivity contribution in [2.45, 2.75) is 25.1 Å². The highest BCUT2D eigenvalue weighted by Crippen LogP contribution is 2.32. The normalized spacial score (nSPS) is 17.5. The first-order valence-electron chi connectivity index (χ1n) is 9.08. The third-order valence-corrected chi connectivity index (χ3v) is 5.06. The number of alkyl halides is 3. The monoisotopic (exact) mass is 429 g/mol. The van der Waals surface area contributed by atoms with E-state index < -0.39 is 29.5 Å². The van der Waals surface area contributed by atoms with E-state index in [0.717, 1.165) is 37.1 Å². The number of amides is 3. The molecule has 2 fully saturated rings. The summed E-state index contributed by atoms with van der Waals surface area (Å²) in [5, 5.41) is 2.73. The van der Waals surface area contributed by atoms with Crippen molar-refractivity contribution in [1.29, 1.82) is 0 Å². The summed E-state index contributed by atoms with van der Waals surface area (Å²) in [6, 6.07) is 2.96. The Kier molecular flexibility index (Phi) is 6.16. The van der Waals surface area contributed by atoms with Gasteiger partial charge in [-0.1, -0.05) is 11.6 Å². The lowest BCUT2D eigenvalue weighted by Gasteiger charge is -2.33. The Morgan fingerprint density at radius 3 is 2.28 bits per heavy atom. The topological polar surface area (TPSA) is 69.7 Å². The van der Waals surface area contributed by atoms with Crippen molar-refractivity contribution in [1.82, 2.24) is 15.1 Å². The fraction of sp³-hybridized carbons (Fsp3) is 0.421. The molecule has 0 atom stereocenters. The van der Waals surface area contributed by atoms with E-state index >= 15 is 0 Å². The molecular weight excluding hydrogens is 411 g/mol. The quantitative estimate of drug-likeness (QED) is 0.592. The zero-order chi connectivity index (χ0) is 21.2. The van der Waals surface area contributed by atoms with Crippen LogP contribution in [0.5, 0.6) is 0 Å². The molecule has 1 N–H and O–H groups in total. The summed E-state index contributed by atoms with van der Waals surface area (Å²) in [6.45, 7) is 0.867. The van der Waals surface area contributed by atoms with Gasteiger partial charge in [-0.15, -0.1) is 0 Å². The molecule has 0 bridgehead atoms. The zero-order valence-electron chi connectivity index (χ0n) is 15.3. The van der Waals surface area contributed by atoms with Crippen molar-refractivity contribution in [2.75, 3.05) is 26.2 Å². The van der Waals surface area contributed by atoms with Gasteiger partial charge in [-0.3, -0.25) is 14.4 Å². The molecule has 1 aromatic carbocycles. The Morgan fingerprint density at radius 1 is 1.07 bits per heavy atom. The fourth-order valence-electron chi connectivity index (χ4n) is 2.86. The molecule has 3 rings (SSSR count). The molecular formula is C19H19ClF3N3O3. The number of carbonyl (C=O) groups is 3. The third kappa shape index (κ3) is 5.50. The highest BCUT2D eigenvalue weighted by Gasteiger charge is 2.32. The van der Waals surface area contributed by atoms with Crippen LogP contribution in [0.2, 0.25) is 5.02 Å². The van der Waals surface area contributed by atoms with Crippen molar-refractivity contribution in [2.24, 2.45) is 0 Å². The molecule has 1 saturated heterocycles. The molecule has 1 heterocycles. The number of halogens is 4. The lowest BCUT2D eigenvalue weighted by atomic mass is 10.1. The molecule has 1 aliphatic heterocycles. The van der Waals surface area contributed by atoms with Crippen LogP contribution in [0, 0.1) is 0 Å². The Hall–Kier alpha value is -2.55. The van der Waals surface area contributed by atoms with Gasteiger partial charge in [0.25, 0.3) is 0 Å². The van der Waals surface area contributed by atoms with Crippen molar-refractivity contribution >= 4 is 35.4 Å². The lowest BCUT2D eigenvalue weighted by Crippen LogP contribution is -2.53. The third-order valence-electron chi connectivity index (χ3n) is 4.71. The molecule has 10 heteroatoms. The number of hydrogen-bond donors (Lipinski definition) is 1. The average Bonchev–Trinajstić information content (AvgIpc) is 3.49. The van der Waals surface area contributed by atoms with Crippen LogP contribution >= 0.6 is 11.6 Å². The van der Waals surface area contributed by atoms with Crippen LogP contribution in [0.3, 0.4) is 0 Å². The lowest BCUT2D eigenvalue weighted by molar-refractivity contribution is -0.148. The van der Waals surface area contributed by atoms with Crippen LogP contribution in [0.15, 0.2) is 24.3 Å². The second-order valence-electron chi connectivity index (χ2n) is 6.93. The summed E-state index contributed by atoms with van der Waals surface area (Å²) in [7, 11) is 0. The fourth-order valence-corrected chi connectivity index (χ4v) is 3.04. The predicted molar refractivity (Wildman–Crippen MR) is 99.8 cm³/mol. The predicted octanol–water partition coefficient (Wildman–Crippen LogP) is 2.32. The summed E-state index contributed by atoms with van der Waals surface area (Å²) >= 11 is 5.91. The van der Waals surface area contributed by atoms with E-state index in [1.54, 1.807) is 0 Å². The van der Waals surface area contributed by atoms with E-state index in [2.05, 4.69) is 5.32 Å². The number of piperazine rings is 1. The number of rotatable bonds is 3. The highest BCUT2D eigenvalue weighted by atomic mass is 35.5. The van der Waals surface area contributed by atoms with Gasteiger partial charge < -0.3 is 15.1 Å². The van der Waals surface area contributed by atoms with Crippen LogP contribution in [0.1, 0.15) is 24.0 Å². The molecule has 29 heavy (non-hydrogen) atoms. The molecule has 0 radical (unpaired) electrons. The van der Waals surface area contributed by atoms with Crippen molar-refractivity contribution < 1.29 is 27.6 Å². The minimum absolute atomic E-state index is 0.0837. The first kappa shape index (κ1) is 21.2. The Morgan fingerprint density at radius 2 is 1.69 bits per heavy atom. The Labute approximate surface area is 170 Å². The summed E-state index contributed by atoms with van der Waals surface area (Å²) in [6.07, 6.45) is -0.363. The summed E-state index contributed by atoms with van der Waals surface area (Å²) in [5.41, 5.74) is -0.772. The van der Waals surface area contributed by atoms with Crippen LogP contribution in [-0.2, 0) is 20.6 Å². The summed E-state index contributed by atoms with van der Waals surface area (Å²) in [4.78, 5) is 39.1. The summed E-state index contributed by atoms with van der Waals surface area (Å²) < 4.78 is 38.5. The summed E-state index contributed by atoms with van der Waals surface area (Å²) in [5.74, 6) is -1.66. The Balaban J connectivity index is 1.56. The van der Waals surface area contributed by atoms with E-state index in [-0.39, 0.29) is 42.8 Å².